The Morgan fingerprint density at radius 3 is 2.00 bits per heavy atom. The van der Waals surface area contributed by atoms with Crippen molar-refractivity contribution >= 4 is 17.4 Å². The van der Waals surface area contributed by atoms with E-state index in [0.717, 1.165) is 0 Å². The number of hydrogen-bond acceptors (Lipinski definition) is 6. The topological polar surface area (TPSA) is 97.8 Å². The van der Waals surface area contributed by atoms with Crippen LogP contribution in [0.4, 0.5) is 8.78 Å². The minimum Gasteiger partial charge on any atom is -0.503 e. The molecule has 0 unspecified atom stereocenters. The molecule has 3 aromatic rings. The number of carbonyl (C=O) groups is 2. The van der Waals surface area contributed by atoms with Crippen molar-refractivity contribution in [3.63, 3.8) is 0 Å². The number of hydrogen-bond donors (Lipinski definition) is 2. The van der Waals surface area contributed by atoms with Crippen molar-refractivity contribution in [1.82, 2.24) is 10.3 Å². The standard InChI is InChI=1S/C25H22F2N2O5/c1-14(29-24(31)22-23(30)20(33-3)12-13-28-22)25(32)34-15(2)21(16-4-8-18(26)9-5-16)17-6-10-19(27)11-7-17/h4-14,30H,1-3H3,(H,29,31)/t14-/m0/s1. The summed E-state index contributed by atoms with van der Waals surface area (Å²) in [6.45, 7) is 2.93. The molecule has 2 aromatic carbocycles. The van der Waals surface area contributed by atoms with Gasteiger partial charge in [0, 0.05) is 17.8 Å². The number of benzene rings is 2. The molecule has 0 bridgehead atoms. The van der Waals surface area contributed by atoms with Gasteiger partial charge in [-0.25, -0.2) is 18.6 Å². The minimum atomic E-state index is -1.11. The van der Waals surface area contributed by atoms with E-state index in [4.69, 9.17) is 9.47 Å². The first-order valence-corrected chi connectivity index (χ1v) is 10.2. The fraction of sp³-hybridized carbons (Fsp3) is 0.160. The SMILES string of the molecule is COc1ccnc(C(=O)N[C@@H](C)C(=O)OC(C)=C(c2ccc(F)cc2)c2ccc(F)cc2)c1O. The molecule has 0 aliphatic rings. The lowest BCUT2D eigenvalue weighted by Crippen LogP contribution is -2.39. The van der Waals surface area contributed by atoms with Gasteiger partial charge in [-0.1, -0.05) is 24.3 Å². The average Bonchev–Trinajstić information content (AvgIpc) is 2.81. The maximum Gasteiger partial charge on any atom is 0.333 e. The summed E-state index contributed by atoms with van der Waals surface area (Å²) in [4.78, 5) is 29.0. The van der Waals surface area contributed by atoms with Crippen molar-refractivity contribution in [2.24, 2.45) is 0 Å². The number of ether oxygens (including phenoxy) is 2. The Morgan fingerprint density at radius 1 is 0.971 bits per heavy atom. The fourth-order valence-corrected chi connectivity index (χ4v) is 3.19. The van der Waals surface area contributed by atoms with Crippen LogP contribution >= 0.6 is 0 Å². The van der Waals surface area contributed by atoms with Gasteiger partial charge in [0.25, 0.3) is 5.91 Å². The predicted octanol–water partition coefficient (Wildman–Crippen LogP) is 4.22. The van der Waals surface area contributed by atoms with Crippen LogP contribution in [0.5, 0.6) is 11.5 Å². The van der Waals surface area contributed by atoms with Gasteiger partial charge >= 0.3 is 5.97 Å². The van der Waals surface area contributed by atoms with E-state index in [1.807, 2.05) is 0 Å². The summed E-state index contributed by atoms with van der Waals surface area (Å²) in [5, 5.41) is 12.5. The summed E-state index contributed by atoms with van der Waals surface area (Å²) >= 11 is 0. The van der Waals surface area contributed by atoms with Crippen LogP contribution in [0, 0.1) is 11.6 Å². The van der Waals surface area contributed by atoms with Gasteiger partial charge in [-0.3, -0.25) is 4.79 Å². The Balaban J connectivity index is 1.84. The van der Waals surface area contributed by atoms with Gasteiger partial charge in [-0.15, -0.1) is 0 Å². The molecule has 2 N–H and O–H groups in total. The molecule has 1 amide bonds. The number of aromatic hydroxyl groups is 1. The first-order valence-electron chi connectivity index (χ1n) is 10.2. The molecule has 176 valence electrons. The predicted molar refractivity (Wildman–Crippen MR) is 120 cm³/mol. The zero-order valence-electron chi connectivity index (χ0n) is 18.6. The zero-order valence-corrected chi connectivity index (χ0v) is 18.6. The lowest BCUT2D eigenvalue weighted by atomic mass is 9.97. The molecule has 0 radical (unpaired) electrons. The monoisotopic (exact) mass is 468 g/mol. The highest BCUT2D eigenvalue weighted by molar-refractivity contribution is 5.98. The normalized spacial score (nSPS) is 11.3. The highest BCUT2D eigenvalue weighted by atomic mass is 19.1. The molecule has 1 aromatic heterocycles. The third-order valence-electron chi connectivity index (χ3n) is 4.89. The molecular formula is C25H22F2N2O5. The van der Waals surface area contributed by atoms with E-state index < -0.39 is 35.3 Å². The zero-order chi connectivity index (χ0) is 24.8. The van der Waals surface area contributed by atoms with Crippen LogP contribution in [-0.4, -0.2) is 35.1 Å². The number of carbonyl (C=O) groups excluding carboxylic acids is 2. The van der Waals surface area contributed by atoms with Crippen LogP contribution in [0.1, 0.15) is 35.5 Å². The molecular weight excluding hydrogens is 446 g/mol. The lowest BCUT2D eigenvalue weighted by Gasteiger charge is -2.17. The summed E-state index contributed by atoms with van der Waals surface area (Å²) in [7, 11) is 1.33. The van der Waals surface area contributed by atoms with Crippen molar-refractivity contribution in [3.8, 4) is 11.5 Å². The number of amides is 1. The van der Waals surface area contributed by atoms with E-state index >= 15 is 0 Å². The van der Waals surface area contributed by atoms with Gasteiger partial charge in [-0.05, 0) is 49.2 Å². The van der Waals surface area contributed by atoms with Crippen LogP contribution in [0.3, 0.4) is 0 Å². The van der Waals surface area contributed by atoms with Crippen molar-refractivity contribution in [1.29, 1.82) is 0 Å². The van der Waals surface area contributed by atoms with Gasteiger partial charge in [-0.2, -0.15) is 0 Å². The second-order valence-corrected chi connectivity index (χ2v) is 7.27. The Labute approximate surface area is 194 Å². The third kappa shape index (κ3) is 5.55. The number of esters is 1. The number of halogens is 2. The maximum atomic E-state index is 13.4. The van der Waals surface area contributed by atoms with Gasteiger partial charge in [0.05, 0.1) is 7.11 Å². The fourth-order valence-electron chi connectivity index (χ4n) is 3.19. The molecule has 0 aliphatic carbocycles. The van der Waals surface area contributed by atoms with Gasteiger partial charge in [0.2, 0.25) is 0 Å². The Hall–Kier alpha value is -4.27. The van der Waals surface area contributed by atoms with E-state index in [1.54, 1.807) is 0 Å². The van der Waals surface area contributed by atoms with E-state index in [9.17, 15) is 23.5 Å². The van der Waals surface area contributed by atoms with Crippen molar-refractivity contribution in [3.05, 3.63) is 95.0 Å². The average molecular weight is 468 g/mol. The van der Waals surface area contributed by atoms with Crippen LogP contribution in [-0.2, 0) is 9.53 Å². The Morgan fingerprint density at radius 2 is 1.50 bits per heavy atom. The first-order chi connectivity index (χ1) is 16.2. The molecule has 0 fully saturated rings. The number of nitrogens with one attached hydrogen (secondary N) is 1. The van der Waals surface area contributed by atoms with E-state index in [-0.39, 0.29) is 17.2 Å². The quantitative estimate of drug-likeness (QED) is 0.398. The summed E-state index contributed by atoms with van der Waals surface area (Å²) in [6, 6.07) is 11.3. The third-order valence-corrected chi connectivity index (χ3v) is 4.89. The smallest absolute Gasteiger partial charge is 0.333 e. The van der Waals surface area contributed by atoms with E-state index in [1.165, 1.54) is 81.8 Å². The molecule has 0 saturated heterocycles. The first kappa shape index (κ1) is 24.4. The van der Waals surface area contributed by atoms with E-state index in [2.05, 4.69) is 10.3 Å². The lowest BCUT2D eigenvalue weighted by molar-refractivity contribution is -0.141. The van der Waals surface area contributed by atoms with Crippen LogP contribution in [0.25, 0.3) is 5.57 Å². The molecule has 1 atom stereocenters. The van der Waals surface area contributed by atoms with Crippen LogP contribution in [0.2, 0.25) is 0 Å². The number of nitrogens with zero attached hydrogens (tertiary/aromatic N) is 1. The molecule has 0 aliphatic heterocycles. The maximum absolute atomic E-state index is 13.4. The summed E-state index contributed by atoms with van der Waals surface area (Å²) in [5.74, 6) is -2.74. The second kappa shape index (κ2) is 10.6. The van der Waals surface area contributed by atoms with Crippen molar-refractivity contribution < 1.29 is 33.0 Å². The second-order valence-electron chi connectivity index (χ2n) is 7.27. The highest BCUT2D eigenvalue weighted by Gasteiger charge is 2.24. The number of aromatic nitrogens is 1. The summed E-state index contributed by atoms with van der Waals surface area (Å²) in [6.07, 6.45) is 1.28. The molecule has 0 spiro atoms. The number of methoxy groups -OCH3 is 1. The molecule has 1 heterocycles. The molecule has 3 rings (SSSR count). The Kier molecular flexibility index (Phi) is 7.57. The van der Waals surface area contributed by atoms with Gasteiger partial charge in [0.15, 0.2) is 17.2 Å². The minimum absolute atomic E-state index is 0.0531. The summed E-state index contributed by atoms with van der Waals surface area (Å²) in [5.41, 5.74) is 1.21. The van der Waals surface area contributed by atoms with Crippen LogP contribution in [0.15, 0.2) is 66.6 Å². The number of rotatable bonds is 7. The largest absolute Gasteiger partial charge is 0.503 e. The van der Waals surface area contributed by atoms with Crippen molar-refractivity contribution in [2.75, 3.05) is 7.11 Å². The number of pyridine rings is 1. The van der Waals surface area contributed by atoms with E-state index in [0.29, 0.717) is 16.7 Å². The Bertz CT molecular complexity index is 1180. The van der Waals surface area contributed by atoms with Crippen molar-refractivity contribution in [2.45, 2.75) is 19.9 Å². The highest BCUT2D eigenvalue weighted by Crippen LogP contribution is 2.29. The van der Waals surface area contributed by atoms with Gasteiger partial charge in [0.1, 0.15) is 23.4 Å². The van der Waals surface area contributed by atoms with Gasteiger partial charge < -0.3 is 19.9 Å². The number of allylic oxidation sites excluding steroid dienone is 1. The molecule has 0 saturated carbocycles. The molecule has 7 nitrogen and oxygen atoms in total. The van der Waals surface area contributed by atoms with Crippen LogP contribution < -0.4 is 10.1 Å². The molecule has 9 heteroatoms. The summed E-state index contributed by atoms with van der Waals surface area (Å²) < 4.78 is 37.3. The molecule has 34 heavy (non-hydrogen) atoms.